The lowest BCUT2D eigenvalue weighted by atomic mass is 10.2. The van der Waals surface area contributed by atoms with E-state index in [-0.39, 0.29) is 12.3 Å². The van der Waals surface area contributed by atoms with Crippen LogP contribution >= 0.6 is 0 Å². The Morgan fingerprint density at radius 2 is 1.90 bits per heavy atom. The fourth-order valence-corrected chi connectivity index (χ4v) is 2.77. The second kappa shape index (κ2) is 8.35. The quantitative estimate of drug-likeness (QED) is 0.532. The zero-order valence-corrected chi connectivity index (χ0v) is 15.3. The molecule has 0 spiro atoms. The van der Waals surface area contributed by atoms with Crippen molar-refractivity contribution in [2.45, 2.75) is 6.61 Å². The number of hydrogen-bond donors (Lipinski definition) is 1. The molecule has 4 aromatic rings. The van der Waals surface area contributed by atoms with Gasteiger partial charge in [-0.05, 0) is 35.9 Å². The fourth-order valence-electron chi connectivity index (χ4n) is 2.77. The number of aromatic nitrogens is 3. The third-order valence-corrected chi connectivity index (χ3v) is 4.20. The lowest BCUT2D eigenvalue weighted by Crippen LogP contribution is -2.14. The van der Waals surface area contributed by atoms with Crippen LogP contribution in [0.15, 0.2) is 85.3 Å². The molecular weight excluding hydrogens is 371 g/mol. The van der Waals surface area contributed by atoms with Crippen molar-refractivity contribution in [3.8, 4) is 16.9 Å². The number of halogens is 1. The summed E-state index contributed by atoms with van der Waals surface area (Å²) in [6.45, 7) is 0.136. The first-order chi connectivity index (χ1) is 14.2. The average Bonchev–Trinajstić information content (AvgIpc) is 3.24. The molecule has 0 saturated heterocycles. The maximum absolute atomic E-state index is 14.6. The van der Waals surface area contributed by atoms with Crippen LogP contribution in [-0.4, -0.2) is 20.9 Å². The number of nitrogens with zero attached hydrogens (tertiary/aromatic N) is 3. The fraction of sp³-hybridized carbons (Fsp3) is 0.0455. The second-order valence-corrected chi connectivity index (χ2v) is 6.24. The number of benzene rings is 2. The molecule has 7 heteroatoms. The molecule has 1 amide bonds. The Kier molecular flexibility index (Phi) is 5.29. The van der Waals surface area contributed by atoms with E-state index in [1.165, 1.54) is 16.8 Å². The van der Waals surface area contributed by atoms with Gasteiger partial charge in [0, 0.05) is 23.6 Å². The van der Waals surface area contributed by atoms with Gasteiger partial charge in [-0.3, -0.25) is 10.3 Å². The number of carbonyl (C=O) groups is 1. The van der Waals surface area contributed by atoms with Crippen LogP contribution in [0.4, 0.5) is 14.9 Å². The first-order valence-electron chi connectivity index (χ1n) is 8.93. The van der Waals surface area contributed by atoms with Gasteiger partial charge in [-0.1, -0.05) is 36.4 Å². The van der Waals surface area contributed by atoms with Gasteiger partial charge in [0.1, 0.15) is 12.3 Å². The van der Waals surface area contributed by atoms with Gasteiger partial charge in [0.15, 0.2) is 5.82 Å². The summed E-state index contributed by atoms with van der Waals surface area (Å²) < 4.78 is 21.1. The predicted octanol–water partition coefficient (Wildman–Crippen LogP) is 4.82. The van der Waals surface area contributed by atoms with Crippen LogP contribution < -0.4 is 5.32 Å². The summed E-state index contributed by atoms with van der Waals surface area (Å²) in [7, 11) is 0. The van der Waals surface area contributed by atoms with Gasteiger partial charge in [-0.15, -0.1) is 0 Å². The molecule has 0 atom stereocenters. The molecule has 0 radical (unpaired) electrons. The van der Waals surface area contributed by atoms with E-state index in [1.807, 2.05) is 48.5 Å². The minimum Gasteiger partial charge on any atom is -0.444 e. The molecule has 0 aliphatic heterocycles. The van der Waals surface area contributed by atoms with Gasteiger partial charge >= 0.3 is 6.09 Å². The number of anilines is 1. The number of ether oxygens (including phenoxy) is 1. The van der Waals surface area contributed by atoms with Crippen molar-refractivity contribution < 1.29 is 13.9 Å². The molecule has 29 heavy (non-hydrogen) atoms. The third kappa shape index (κ3) is 4.47. The van der Waals surface area contributed by atoms with E-state index in [9.17, 15) is 9.18 Å². The monoisotopic (exact) mass is 388 g/mol. The second-order valence-electron chi connectivity index (χ2n) is 6.24. The molecule has 0 aliphatic rings. The molecule has 2 aromatic heterocycles. The molecule has 1 N–H and O–H groups in total. The van der Waals surface area contributed by atoms with Crippen LogP contribution in [0.5, 0.6) is 0 Å². The lowest BCUT2D eigenvalue weighted by molar-refractivity contribution is 0.155. The first kappa shape index (κ1) is 18.4. The topological polar surface area (TPSA) is 69.0 Å². The summed E-state index contributed by atoms with van der Waals surface area (Å²) in [5, 5.41) is 6.72. The molecule has 6 nitrogen and oxygen atoms in total. The highest BCUT2D eigenvalue weighted by molar-refractivity contribution is 5.84. The summed E-state index contributed by atoms with van der Waals surface area (Å²) in [4.78, 5) is 16.2. The van der Waals surface area contributed by atoms with E-state index in [1.54, 1.807) is 24.7 Å². The average molecular weight is 388 g/mol. The van der Waals surface area contributed by atoms with E-state index in [0.717, 1.165) is 16.8 Å². The van der Waals surface area contributed by atoms with Crippen molar-refractivity contribution in [2.75, 3.05) is 5.32 Å². The normalized spacial score (nSPS) is 10.5. The summed E-state index contributed by atoms with van der Waals surface area (Å²) in [5.41, 5.74) is 2.94. The Bertz CT molecular complexity index is 1110. The Labute approximate surface area is 166 Å². The zero-order chi connectivity index (χ0) is 20.1. The molecule has 2 heterocycles. The maximum atomic E-state index is 14.6. The van der Waals surface area contributed by atoms with Crippen LogP contribution in [0.3, 0.4) is 0 Å². The van der Waals surface area contributed by atoms with Gasteiger partial charge in [-0.2, -0.15) is 5.10 Å². The van der Waals surface area contributed by atoms with Gasteiger partial charge < -0.3 is 4.74 Å². The zero-order valence-electron chi connectivity index (χ0n) is 15.3. The van der Waals surface area contributed by atoms with Crippen LogP contribution in [0.25, 0.3) is 16.9 Å². The van der Waals surface area contributed by atoms with E-state index in [2.05, 4.69) is 15.4 Å². The van der Waals surface area contributed by atoms with E-state index < -0.39 is 11.9 Å². The van der Waals surface area contributed by atoms with Crippen molar-refractivity contribution in [3.63, 3.8) is 0 Å². The summed E-state index contributed by atoms with van der Waals surface area (Å²) in [6, 6.07) is 19.2. The van der Waals surface area contributed by atoms with Crippen LogP contribution in [0, 0.1) is 5.82 Å². The van der Waals surface area contributed by atoms with Gasteiger partial charge in [0.05, 0.1) is 11.9 Å². The molecule has 0 aliphatic carbocycles. The molecule has 0 unspecified atom stereocenters. The van der Waals surface area contributed by atoms with Gasteiger partial charge in [-0.25, -0.2) is 13.9 Å². The van der Waals surface area contributed by atoms with Gasteiger partial charge in [0.2, 0.25) is 0 Å². The van der Waals surface area contributed by atoms with Gasteiger partial charge in [0.25, 0.3) is 0 Å². The Morgan fingerprint density at radius 1 is 1.07 bits per heavy atom. The Morgan fingerprint density at radius 3 is 2.66 bits per heavy atom. The summed E-state index contributed by atoms with van der Waals surface area (Å²) in [6.07, 6.45) is 4.35. The number of rotatable bonds is 5. The summed E-state index contributed by atoms with van der Waals surface area (Å²) >= 11 is 0. The molecule has 0 bridgehead atoms. The summed E-state index contributed by atoms with van der Waals surface area (Å²) in [5.74, 6) is -0.526. The number of carbonyl (C=O) groups excluding carboxylic acids is 1. The minimum atomic E-state index is -0.655. The highest BCUT2D eigenvalue weighted by Crippen LogP contribution is 2.21. The van der Waals surface area contributed by atoms with E-state index in [4.69, 9.17) is 4.74 Å². The first-order valence-corrected chi connectivity index (χ1v) is 8.93. The Balaban J connectivity index is 1.43. The van der Waals surface area contributed by atoms with Crippen LogP contribution in [-0.2, 0) is 11.3 Å². The molecular formula is C22H17FN4O2. The molecule has 0 saturated carbocycles. The van der Waals surface area contributed by atoms with Crippen molar-refractivity contribution in [3.05, 3.63) is 96.7 Å². The number of hydrogen-bond acceptors (Lipinski definition) is 4. The maximum Gasteiger partial charge on any atom is 0.411 e. The Hall–Kier alpha value is -4.00. The third-order valence-electron chi connectivity index (χ3n) is 4.20. The van der Waals surface area contributed by atoms with E-state index in [0.29, 0.717) is 5.69 Å². The molecule has 0 fully saturated rings. The minimum absolute atomic E-state index is 0.136. The number of amides is 1. The van der Waals surface area contributed by atoms with Crippen LogP contribution in [0.2, 0.25) is 0 Å². The lowest BCUT2D eigenvalue weighted by Gasteiger charge is -2.09. The predicted molar refractivity (Wildman–Crippen MR) is 107 cm³/mol. The highest BCUT2D eigenvalue weighted by Gasteiger charge is 2.11. The number of pyridine rings is 1. The van der Waals surface area contributed by atoms with Crippen molar-refractivity contribution in [1.29, 1.82) is 0 Å². The SMILES string of the molecule is O=C(Nc1ccc(-n2cc(-c3ccccn3)cn2)c(F)c1)OCc1ccccc1. The standard InChI is InChI=1S/C22H17FN4O2/c23-19-12-18(26-22(28)29-15-16-6-2-1-3-7-16)9-10-21(19)27-14-17(13-25-27)20-8-4-5-11-24-20/h1-14H,15H2,(H,26,28). The molecule has 4 rings (SSSR count). The molecule has 2 aromatic carbocycles. The highest BCUT2D eigenvalue weighted by atomic mass is 19.1. The van der Waals surface area contributed by atoms with E-state index >= 15 is 0 Å². The van der Waals surface area contributed by atoms with Crippen molar-refractivity contribution in [1.82, 2.24) is 14.8 Å². The van der Waals surface area contributed by atoms with Crippen LogP contribution in [0.1, 0.15) is 5.56 Å². The smallest absolute Gasteiger partial charge is 0.411 e. The number of nitrogens with one attached hydrogen (secondary N) is 1. The van der Waals surface area contributed by atoms with Crippen molar-refractivity contribution in [2.24, 2.45) is 0 Å². The van der Waals surface area contributed by atoms with Crippen molar-refractivity contribution >= 4 is 11.8 Å². The largest absolute Gasteiger partial charge is 0.444 e. The molecule has 144 valence electrons.